The molecule has 1 aromatic carbocycles. The van der Waals surface area contributed by atoms with Gasteiger partial charge in [0.1, 0.15) is 25.1 Å². The second-order valence-corrected chi connectivity index (χ2v) is 7.84. The molecule has 2 fully saturated rings. The number of para-hydroxylation sites is 1. The van der Waals surface area contributed by atoms with Crippen LogP contribution in [0.3, 0.4) is 0 Å². The molecule has 0 unspecified atom stereocenters. The SMILES string of the molecule is O=C(O)COC[C@H]1CC[C@@H]2[C@@H](/C=C/[C@@H](O)COc3ccccc3)[C@H](O)C[C@@H]2OC1. The molecule has 1 saturated heterocycles. The Labute approximate surface area is 170 Å². The van der Waals surface area contributed by atoms with Gasteiger partial charge in [-0.05, 0) is 30.9 Å². The fourth-order valence-corrected chi connectivity index (χ4v) is 4.17. The molecule has 0 radical (unpaired) electrons. The van der Waals surface area contributed by atoms with Crippen LogP contribution < -0.4 is 4.74 Å². The van der Waals surface area contributed by atoms with E-state index in [4.69, 9.17) is 19.3 Å². The highest BCUT2D eigenvalue weighted by Gasteiger charge is 2.43. The van der Waals surface area contributed by atoms with Crippen molar-refractivity contribution in [3.05, 3.63) is 42.5 Å². The van der Waals surface area contributed by atoms with Crippen molar-refractivity contribution in [2.75, 3.05) is 26.4 Å². The Morgan fingerprint density at radius 2 is 2.07 bits per heavy atom. The number of rotatable bonds is 9. The number of aliphatic hydroxyl groups is 2. The smallest absolute Gasteiger partial charge is 0.329 e. The van der Waals surface area contributed by atoms with Gasteiger partial charge in [-0.15, -0.1) is 0 Å². The van der Waals surface area contributed by atoms with Gasteiger partial charge < -0.3 is 29.5 Å². The third-order valence-corrected chi connectivity index (χ3v) is 5.64. The molecule has 7 nitrogen and oxygen atoms in total. The molecule has 3 rings (SSSR count). The molecule has 1 heterocycles. The van der Waals surface area contributed by atoms with Gasteiger partial charge in [-0.25, -0.2) is 4.79 Å². The van der Waals surface area contributed by atoms with Gasteiger partial charge in [0.15, 0.2) is 0 Å². The fourth-order valence-electron chi connectivity index (χ4n) is 4.17. The second-order valence-electron chi connectivity index (χ2n) is 7.84. The molecule has 6 atom stereocenters. The summed E-state index contributed by atoms with van der Waals surface area (Å²) >= 11 is 0. The number of ether oxygens (including phenoxy) is 3. The van der Waals surface area contributed by atoms with Crippen molar-refractivity contribution in [2.45, 2.75) is 37.6 Å². The minimum atomic E-state index is -0.973. The second kappa shape index (κ2) is 10.7. The lowest BCUT2D eigenvalue weighted by molar-refractivity contribution is -0.143. The van der Waals surface area contributed by atoms with Crippen LogP contribution in [0.1, 0.15) is 19.3 Å². The predicted octanol–water partition coefficient (Wildman–Crippen LogP) is 1.88. The summed E-state index contributed by atoms with van der Waals surface area (Å²) in [6.07, 6.45) is 4.59. The number of carbonyl (C=O) groups is 1. The van der Waals surface area contributed by atoms with Crippen LogP contribution >= 0.6 is 0 Å². The summed E-state index contributed by atoms with van der Waals surface area (Å²) in [5.41, 5.74) is 0. The molecule has 1 aliphatic carbocycles. The van der Waals surface area contributed by atoms with E-state index in [1.807, 2.05) is 36.4 Å². The van der Waals surface area contributed by atoms with Crippen LogP contribution in [0.25, 0.3) is 0 Å². The van der Waals surface area contributed by atoms with E-state index in [1.165, 1.54) is 0 Å². The number of carboxylic acid groups (broad SMARTS) is 1. The molecule has 1 saturated carbocycles. The summed E-state index contributed by atoms with van der Waals surface area (Å²) < 4.78 is 16.8. The highest BCUT2D eigenvalue weighted by Crippen LogP contribution is 2.41. The summed E-state index contributed by atoms with van der Waals surface area (Å²) in [6.45, 7) is 0.731. The molecule has 7 heteroatoms. The highest BCUT2D eigenvalue weighted by atomic mass is 16.5. The summed E-state index contributed by atoms with van der Waals surface area (Å²) in [7, 11) is 0. The van der Waals surface area contributed by atoms with Gasteiger partial charge in [0.2, 0.25) is 0 Å². The number of benzene rings is 1. The zero-order chi connectivity index (χ0) is 20.6. The van der Waals surface area contributed by atoms with Crippen LogP contribution in [0.15, 0.2) is 42.5 Å². The van der Waals surface area contributed by atoms with E-state index in [1.54, 1.807) is 6.08 Å². The van der Waals surface area contributed by atoms with Crippen molar-refractivity contribution < 1.29 is 34.3 Å². The first-order chi connectivity index (χ1) is 14.0. The maximum Gasteiger partial charge on any atom is 0.329 e. The lowest BCUT2D eigenvalue weighted by atomic mass is 9.87. The molecular formula is C22H30O7. The number of hydrogen-bond donors (Lipinski definition) is 3. The Bertz CT molecular complexity index is 662. The van der Waals surface area contributed by atoms with Gasteiger partial charge in [0.25, 0.3) is 0 Å². The Kier molecular flexibility index (Phi) is 8.06. The first-order valence-electron chi connectivity index (χ1n) is 10.2. The van der Waals surface area contributed by atoms with Crippen molar-refractivity contribution in [2.24, 2.45) is 17.8 Å². The van der Waals surface area contributed by atoms with E-state index in [-0.39, 0.29) is 37.1 Å². The summed E-state index contributed by atoms with van der Waals surface area (Å²) in [5.74, 6) is -0.0154. The zero-order valence-electron chi connectivity index (χ0n) is 16.4. The average molecular weight is 406 g/mol. The van der Waals surface area contributed by atoms with E-state index < -0.39 is 18.2 Å². The number of carboxylic acids is 1. The lowest BCUT2D eigenvalue weighted by Gasteiger charge is -2.21. The normalized spacial score (nSPS) is 30.6. The van der Waals surface area contributed by atoms with E-state index in [0.717, 1.165) is 12.8 Å². The fraction of sp³-hybridized carbons (Fsp3) is 0.591. The molecule has 0 spiro atoms. The van der Waals surface area contributed by atoms with E-state index in [9.17, 15) is 15.0 Å². The standard InChI is InChI=1S/C22H30O7/c23-16(13-28-17-4-2-1-3-5-17)7-9-18-19-8-6-15(11-27-14-22(25)26)12-29-21(19)10-20(18)24/h1-5,7,9,15-16,18-21,23-24H,6,8,10-14H2,(H,25,26)/b9-7+/t15-,16-,18-,19-,20-,21+/m1/s1. The van der Waals surface area contributed by atoms with Crippen LogP contribution in [0.5, 0.6) is 5.75 Å². The topological polar surface area (TPSA) is 105 Å². The predicted molar refractivity (Wildman–Crippen MR) is 106 cm³/mol. The molecule has 2 aliphatic rings. The molecule has 160 valence electrons. The maximum absolute atomic E-state index is 10.6. The highest BCUT2D eigenvalue weighted by molar-refractivity contribution is 5.67. The Hall–Kier alpha value is -1.93. The van der Waals surface area contributed by atoms with E-state index >= 15 is 0 Å². The van der Waals surface area contributed by atoms with Crippen LogP contribution in [0.2, 0.25) is 0 Å². The zero-order valence-corrected chi connectivity index (χ0v) is 16.4. The van der Waals surface area contributed by atoms with Gasteiger partial charge in [0, 0.05) is 18.3 Å². The minimum absolute atomic E-state index is 0.0261. The van der Waals surface area contributed by atoms with Gasteiger partial charge in [-0.1, -0.05) is 30.4 Å². The quantitative estimate of drug-likeness (QED) is 0.538. The van der Waals surface area contributed by atoms with Crippen molar-refractivity contribution in [3.8, 4) is 5.75 Å². The summed E-state index contributed by atoms with van der Waals surface area (Å²) in [6, 6.07) is 9.32. The van der Waals surface area contributed by atoms with Crippen molar-refractivity contribution in [1.29, 1.82) is 0 Å². The summed E-state index contributed by atoms with van der Waals surface area (Å²) in [5, 5.41) is 29.3. The van der Waals surface area contributed by atoms with Crippen molar-refractivity contribution >= 4 is 5.97 Å². The van der Waals surface area contributed by atoms with E-state index in [0.29, 0.717) is 25.4 Å². The van der Waals surface area contributed by atoms with Crippen LogP contribution in [-0.2, 0) is 14.3 Å². The molecule has 0 aromatic heterocycles. The monoisotopic (exact) mass is 406 g/mol. The average Bonchev–Trinajstić information content (AvgIpc) is 2.87. The third kappa shape index (κ3) is 6.54. The summed E-state index contributed by atoms with van der Waals surface area (Å²) in [4.78, 5) is 10.6. The molecular weight excluding hydrogens is 376 g/mol. The van der Waals surface area contributed by atoms with Gasteiger partial charge >= 0.3 is 5.97 Å². The molecule has 3 N–H and O–H groups in total. The third-order valence-electron chi connectivity index (χ3n) is 5.64. The van der Waals surface area contributed by atoms with Crippen LogP contribution in [0, 0.1) is 17.8 Å². The minimum Gasteiger partial charge on any atom is -0.491 e. The van der Waals surface area contributed by atoms with Crippen LogP contribution in [-0.4, -0.2) is 66.0 Å². The Morgan fingerprint density at radius 1 is 1.28 bits per heavy atom. The number of aliphatic carboxylic acids is 1. The van der Waals surface area contributed by atoms with Crippen molar-refractivity contribution in [3.63, 3.8) is 0 Å². The first-order valence-corrected chi connectivity index (χ1v) is 10.2. The van der Waals surface area contributed by atoms with Gasteiger partial charge in [0.05, 0.1) is 25.4 Å². The molecule has 1 aliphatic heterocycles. The van der Waals surface area contributed by atoms with Crippen LogP contribution in [0.4, 0.5) is 0 Å². The van der Waals surface area contributed by atoms with E-state index in [2.05, 4.69) is 0 Å². The largest absolute Gasteiger partial charge is 0.491 e. The number of fused-ring (bicyclic) bond motifs is 1. The van der Waals surface area contributed by atoms with Crippen molar-refractivity contribution in [1.82, 2.24) is 0 Å². The van der Waals surface area contributed by atoms with Gasteiger partial charge in [-0.2, -0.15) is 0 Å². The lowest BCUT2D eigenvalue weighted by Crippen LogP contribution is -2.22. The Morgan fingerprint density at radius 3 is 2.83 bits per heavy atom. The number of aliphatic hydroxyl groups excluding tert-OH is 2. The Balaban J connectivity index is 1.49. The molecule has 29 heavy (non-hydrogen) atoms. The molecule has 1 aromatic rings. The maximum atomic E-state index is 10.6. The number of hydrogen-bond acceptors (Lipinski definition) is 6. The first kappa shape index (κ1) is 21.8. The molecule has 0 bridgehead atoms. The molecule has 0 amide bonds. The van der Waals surface area contributed by atoms with Gasteiger partial charge in [-0.3, -0.25) is 0 Å².